The van der Waals surface area contributed by atoms with Gasteiger partial charge in [0, 0.05) is 5.16 Å². The van der Waals surface area contributed by atoms with Crippen LogP contribution < -0.4 is 0 Å². The summed E-state index contributed by atoms with van der Waals surface area (Å²) in [6.07, 6.45) is 4.92. The summed E-state index contributed by atoms with van der Waals surface area (Å²) >= 11 is 0. The maximum atomic E-state index is 10.5. The van der Waals surface area contributed by atoms with Crippen molar-refractivity contribution in [1.29, 1.82) is 0 Å². The van der Waals surface area contributed by atoms with Crippen LogP contribution in [0.4, 0.5) is 0 Å². The molecule has 0 aromatic carbocycles. The minimum atomic E-state index is -0.0856. The first-order valence-corrected chi connectivity index (χ1v) is 4.07. The van der Waals surface area contributed by atoms with Crippen LogP contribution in [0.2, 0.25) is 0 Å². The first kappa shape index (κ1) is 6.22. The molecule has 1 unspecified atom stereocenters. The van der Waals surface area contributed by atoms with Gasteiger partial charge in [-0.3, -0.25) is 4.57 Å². The lowest BCUT2D eigenvalue weighted by Crippen LogP contribution is -2.07. The van der Waals surface area contributed by atoms with E-state index in [2.05, 4.69) is 6.92 Å². The lowest BCUT2D eigenvalue weighted by atomic mass is 10.1. The van der Waals surface area contributed by atoms with Crippen LogP contribution in [0, 0.1) is 0 Å². The highest BCUT2D eigenvalue weighted by Gasteiger charge is 2.27. The maximum absolute atomic E-state index is 10.5. The molecule has 0 aromatic heterocycles. The van der Waals surface area contributed by atoms with E-state index in [0.717, 1.165) is 0 Å². The Labute approximate surface area is 51.7 Å². The SMILES string of the molecule is CC1([PH]=O)CCCC1. The van der Waals surface area contributed by atoms with Crippen LogP contribution >= 0.6 is 8.46 Å². The molecule has 2 heteroatoms. The molecule has 0 bridgehead atoms. The fourth-order valence-corrected chi connectivity index (χ4v) is 1.82. The van der Waals surface area contributed by atoms with Gasteiger partial charge in [0.1, 0.15) is 0 Å². The van der Waals surface area contributed by atoms with Crippen molar-refractivity contribution in [3.8, 4) is 0 Å². The lowest BCUT2D eigenvalue weighted by Gasteiger charge is -2.11. The highest BCUT2D eigenvalue weighted by molar-refractivity contribution is 7.26. The van der Waals surface area contributed by atoms with E-state index in [9.17, 15) is 4.57 Å². The second kappa shape index (κ2) is 2.14. The Morgan fingerprint density at radius 2 is 1.88 bits per heavy atom. The Hall–Kier alpha value is 0.100. The molecule has 8 heavy (non-hydrogen) atoms. The van der Waals surface area contributed by atoms with Crippen LogP contribution in [-0.4, -0.2) is 5.16 Å². The molecular formula is C6H12OP. The van der Waals surface area contributed by atoms with Crippen LogP contribution in [0.3, 0.4) is 0 Å². The van der Waals surface area contributed by atoms with Gasteiger partial charge in [0.2, 0.25) is 0 Å². The largest absolute Gasteiger partial charge is 0.290 e. The van der Waals surface area contributed by atoms with E-state index in [1.807, 2.05) is 0 Å². The Morgan fingerprint density at radius 1 is 1.38 bits per heavy atom. The minimum absolute atomic E-state index is 0.0856. The Balaban J connectivity index is 2.52. The second-order valence-corrected chi connectivity index (χ2v) is 4.28. The van der Waals surface area contributed by atoms with Crippen molar-refractivity contribution in [1.82, 2.24) is 0 Å². The van der Waals surface area contributed by atoms with Gasteiger partial charge in [-0.15, -0.1) is 0 Å². The molecule has 1 nitrogen and oxygen atoms in total. The molecule has 47 valence electrons. The highest BCUT2D eigenvalue weighted by atomic mass is 31.1. The van der Waals surface area contributed by atoms with Gasteiger partial charge in [0.05, 0.1) is 8.46 Å². The molecule has 1 rings (SSSR count). The fraction of sp³-hybridized carbons (Fsp3) is 1.00. The average molecular weight is 131 g/mol. The van der Waals surface area contributed by atoms with E-state index >= 15 is 0 Å². The van der Waals surface area contributed by atoms with Crippen LogP contribution in [0.15, 0.2) is 0 Å². The summed E-state index contributed by atoms with van der Waals surface area (Å²) in [4.78, 5) is 0. The van der Waals surface area contributed by atoms with Crippen molar-refractivity contribution >= 4 is 8.46 Å². The fourth-order valence-electron chi connectivity index (χ4n) is 1.26. The van der Waals surface area contributed by atoms with E-state index < -0.39 is 0 Å². The van der Waals surface area contributed by atoms with Crippen LogP contribution in [0.25, 0.3) is 0 Å². The summed E-state index contributed by atoms with van der Waals surface area (Å²) in [6, 6.07) is 0. The molecule has 0 saturated heterocycles. The molecule has 1 saturated carbocycles. The van der Waals surface area contributed by atoms with Gasteiger partial charge >= 0.3 is 0 Å². The van der Waals surface area contributed by atoms with Gasteiger partial charge in [0.25, 0.3) is 0 Å². The van der Waals surface area contributed by atoms with Gasteiger partial charge < -0.3 is 0 Å². The number of rotatable bonds is 1. The molecule has 0 aliphatic heterocycles. The number of hydrogen-bond donors (Lipinski definition) is 0. The maximum Gasteiger partial charge on any atom is 0.0641 e. The normalized spacial score (nSPS) is 26.6. The zero-order chi connectivity index (χ0) is 6.04. The van der Waals surface area contributed by atoms with Gasteiger partial charge in [0.15, 0.2) is 0 Å². The monoisotopic (exact) mass is 131 g/mol. The summed E-state index contributed by atoms with van der Waals surface area (Å²) in [5.41, 5.74) is 0. The van der Waals surface area contributed by atoms with Crippen LogP contribution in [-0.2, 0) is 4.57 Å². The molecule has 1 aliphatic carbocycles. The molecular weight excluding hydrogens is 119 g/mol. The van der Waals surface area contributed by atoms with E-state index in [1.165, 1.54) is 25.7 Å². The van der Waals surface area contributed by atoms with Crippen molar-refractivity contribution in [3.63, 3.8) is 0 Å². The molecule has 0 heterocycles. The third-order valence-corrected chi connectivity index (χ3v) is 2.95. The first-order chi connectivity index (χ1) is 3.77. The Bertz CT molecular complexity index is 94.7. The topological polar surface area (TPSA) is 17.1 Å². The van der Waals surface area contributed by atoms with Crippen molar-refractivity contribution in [2.24, 2.45) is 0 Å². The average Bonchev–Trinajstić information content (AvgIpc) is 2.17. The quantitative estimate of drug-likeness (QED) is 0.499. The molecule has 0 spiro atoms. The zero-order valence-corrected chi connectivity index (χ0v) is 6.24. The standard InChI is InChI=1S/C6H12OP/c1-6(8-7)4-2-3-5-6/h8H,2-5H2,1H3. The summed E-state index contributed by atoms with van der Waals surface area (Å²) in [5.74, 6) is 0. The third-order valence-electron chi connectivity index (χ3n) is 1.95. The predicted octanol–water partition coefficient (Wildman–Crippen LogP) is 2.34. The molecule has 1 fully saturated rings. The summed E-state index contributed by atoms with van der Waals surface area (Å²) < 4.78 is 10.5. The van der Waals surface area contributed by atoms with Gasteiger partial charge in [-0.2, -0.15) is 0 Å². The van der Waals surface area contributed by atoms with Gasteiger partial charge in [-0.05, 0) is 19.8 Å². The van der Waals surface area contributed by atoms with Crippen molar-refractivity contribution in [3.05, 3.63) is 0 Å². The summed E-state index contributed by atoms with van der Waals surface area (Å²) in [6.45, 7) is 2.12. The molecule has 0 aromatic rings. The number of hydrogen-bond acceptors (Lipinski definition) is 1. The van der Waals surface area contributed by atoms with E-state index in [-0.39, 0.29) is 13.6 Å². The predicted molar refractivity (Wildman–Crippen MR) is 35.9 cm³/mol. The summed E-state index contributed by atoms with van der Waals surface area (Å²) in [5, 5.41) is 0.208. The van der Waals surface area contributed by atoms with Crippen molar-refractivity contribution < 1.29 is 4.57 Å². The van der Waals surface area contributed by atoms with E-state index in [1.54, 1.807) is 0 Å². The van der Waals surface area contributed by atoms with Gasteiger partial charge in [-0.1, -0.05) is 12.8 Å². The molecule has 1 atom stereocenters. The Kier molecular flexibility index (Phi) is 1.67. The van der Waals surface area contributed by atoms with Crippen LogP contribution in [0.5, 0.6) is 0 Å². The van der Waals surface area contributed by atoms with Gasteiger partial charge in [-0.25, -0.2) is 0 Å². The molecule has 0 amide bonds. The summed E-state index contributed by atoms with van der Waals surface area (Å²) in [7, 11) is -0.0856. The molecule has 1 radical (unpaired) electrons. The van der Waals surface area contributed by atoms with E-state index in [0.29, 0.717) is 0 Å². The third kappa shape index (κ3) is 1.08. The molecule has 1 aliphatic rings. The second-order valence-electron chi connectivity index (χ2n) is 2.87. The minimum Gasteiger partial charge on any atom is -0.290 e. The smallest absolute Gasteiger partial charge is 0.0641 e. The van der Waals surface area contributed by atoms with Crippen LogP contribution in [0.1, 0.15) is 32.6 Å². The first-order valence-electron chi connectivity index (χ1n) is 3.16. The lowest BCUT2D eigenvalue weighted by molar-refractivity contribution is 0.559. The highest BCUT2D eigenvalue weighted by Crippen LogP contribution is 2.39. The van der Waals surface area contributed by atoms with Crippen molar-refractivity contribution in [2.75, 3.05) is 0 Å². The zero-order valence-electron chi connectivity index (χ0n) is 5.24. The van der Waals surface area contributed by atoms with E-state index in [4.69, 9.17) is 0 Å². The Morgan fingerprint density at radius 3 is 2.12 bits per heavy atom. The van der Waals surface area contributed by atoms with Crippen molar-refractivity contribution in [2.45, 2.75) is 37.8 Å². The molecule has 0 N–H and O–H groups in total.